The van der Waals surface area contributed by atoms with Crippen LogP contribution in [0, 0.1) is 0 Å². The summed E-state index contributed by atoms with van der Waals surface area (Å²) in [5.41, 5.74) is 0.649. The molecule has 0 aromatic heterocycles. The van der Waals surface area contributed by atoms with Crippen molar-refractivity contribution in [1.29, 1.82) is 0 Å². The summed E-state index contributed by atoms with van der Waals surface area (Å²) in [6, 6.07) is 0. The van der Waals surface area contributed by atoms with E-state index in [2.05, 4.69) is 0 Å². The molecule has 0 atom stereocenters. The maximum absolute atomic E-state index is 10.6. The molecule has 0 unspecified atom stereocenters. The van der Waals surface area contributed by atoms with Crippen molar-refractivity contribution in [2.75, 3.05) is 0 Å². The van der Waals surface area contributed by atoms with E-state index in [9.17, 15) is 9.59 Å². The standard InChI is InChI=1S/C9H12O3/c1-7(11)12-9-5-3-2-4-8(9)6-10/h6H,2-5H2,1H3. The van der Waals surface area contributed by atoms with E-state index in [1.807, 2.05) is 0 Å². The van der Waals surface area contributed by atoms with E-state index in [-0.39, 0.29) is 5.97 Å². The molecule has 0 spiro atoms. The zero-order valence-corrected chi connectivity index (χ0v) is 7.13. The van der Waals surface area contributed by atoms with Crippen molar-refractivity contribution in [2.24, 2.45) is 0 Å². The Bertz CT molecular complexity index is 228. The second kappa shape index (κ2) is 4.04. The Morgan fingerprint density at radius 2 is 2.08 bits per heavy atom. The van der Waals surface area contributed by atoms with Crippen LogP contribution in [0.2, 0.25) is 0 Å². The average Bonchev–Trinajstić information content (AvgIpc) is 2.04. The molecular weight excluding hydrogens is 156 g/mol. The summed E-state index contributed by atoms with van der Waals surface area (Å²) in [6.07, 6.45) is 4.26. The number of aldehydes is 1. The fourth-order valence-electron chi connectivity index (χ4n) is 1.32. The highest BCUT2D eigenvalue weighted by Gasteiger charge is 2.14. The van der Waals surface area contributed by atoms with Crippen LogP contribution in [0.4, 0.5) is 0 Å². The molecule has 0 heterocycles. The highest BCUT2D eigenvalue weighted by Crippen LogP contribution is 2.23. The fraction of sp³-hybridized carbons (Fsp3) is 0.556. The predicted octanol–water partition coefficient (Wildman–Crippen LogP) is 1.58. The summed E-state index contributed by atoms with van der Waals surface area (Å²) in [6.45, 7) is 1.35. The third kappa shape index (κ3) is 2.19. The van der Waals surface area contributed by atoms with Gasteiger partial charge in [0.15, 0.2) is 0 Å². The average molecular weight is 168 g/mol. The number of esters is 1. The van der Waals surface area contributed by atoms with Crippen LogP contribution in [0.5, 0.6) is 0 Å². The molecule has 1 rings (SSSR count). The maximum Gasteiger partial charge on any atom is 0.307 e. The summed E-state index contributed by atoms with van der Waals surface area (Å²) in [5, 5.41) is 0. The van der Waals surface area contributed by atoms with Gasteiger partial charge in [-0.15, -0.1) is 0 Å². The number of allylic oxidation sites excluding steroid dienone is 2. The first-order chi connectivity index (χ1) is 5.74. The minimum atomic E-state index is -0.341. The van der Waals surface area contributed by atoms with E-state index in [1.165, 1.54) is 6.92 Å². The summed E-state index contributed by atoms with van der Waals surface area (Å²) >= 11 is 0. The molecule has 3 heteroatoms. The van der Waals surface area contributed by atoms with Crippen LogP contribution < -0.4 is 0 Å². The second-order valence-electron chi connectivity index (χ2n) is 2.87. The van der Waals surface area contributed by atoms with Gasteiger partial charge in [0, 0.05) is 18.9 Å². The third-order valence-electron chi connectivity index (χ3n) is 1.87. The quantitative estimate of drug-likeness (QED) is 0.464. The minimum Gasteiger partial charge on any atom is -0.431 e. The van der Waals surface area contributed by atoms with Crippen LogP contribution in [0.15, 0.2) is 11.3 Å². The van der Waals surface area contributed by atoms with Crippen molar-refractivity contribution in [3.05, 3.63) is 11.3 Å². The van der Waals surface area contributed by atoms with Gasteiger partial charge in [-0.1, -0.05) is 0 Å². The number of ether oxygens (including phenoxy) is 1. The molecule has 0 aromatic rings. The molecule has 0 radical (unpaired) electrons. The van der Waals surface area contributed by atoms with Crippen LogP contribution in [-0.2, 0) is 14.3 Å². The molecule has 0 aliphatic heterocycles. The van der Waals surface area contributed by atoms with Gasteiger partial charge in [0.05, 0.1) is 0 Å². The monoisotopic (exact) mass is 168 g/mol. The lowest BCUT2D eigenvalue weighted by Gasteiger charge is -2.15. The molecular formula is C9H12O3. The predicted molar refractivity (Wildman–Crippen MR) is 43.3 cm³/mol. The zero-order chi connectivity index (χ0) is 8.97. The van der Waals surface area contributed by atoms with E-state index < -0.39 is 0 Å². The fourth-order valence-corrected chi connectivity index (χ4v) is 1.32. The van der Waals surface area contributed by atoms with E-state index in [0.29, 0.717) is 17.8 Å². The zero-order valence-electron chi connectivity index (χ0n) is 7.13. The van der Waals surface area contributed by atoms with Crippen LogP contribution in [-0.4, -0.2) is 12.3 Å². The molecule has 0 aromatic carbocycles. The van der Waals surface area contributed by atoms with Crippen molar-refractivity contribution < 1.29 is 14.3 Å². The number of carbonyl (C=O) groups is 2. The molecule has 0 fully saturated rings. The van der Waals surface area contributed by atoms with Crippen molar-refractivity contribution >= 4 is 12.3 Å². The second-order valence-corrected chi connectivity index (χ2v) is 2.87. The third-order valence-corrected chi connectivity index (χ3v) is 1.87. The Kier molecular flexibility index (Phi) is 3.02. The molecule has 66 valence electrons. The lowest BCUT2D eigenvalue weighted by Crippen LogP contribution is -2.07. The molecule has 3 nitrogen and oxygen atoms in total. The number of hydrogen-bond donors (Lipinski definition) is 0. The largest absolute Gasteiger partial charge is 0.431 e. The smallest absolute Gasteiger partial charge is 0.307 e. The van der Waals surface area contributed by atoms with Crippen LogP contribution >= 0.6 is 0 Å². The van der Waals surface area contributed by atoms with E-state index in [4.69, 9.17) is 4.74 Å². The van der Waals surface area contributed by atoms with Crippen LogP contribution in [0.25, 0.3) is 0 Å². The molecule has 0 bridgehead atoms. The normalized spacial score (nSPS) is 17.4. The molecule has 1 aliphatic rings. The summed E-state index contributed by atoms with van der Waals surface area (Å²) < 4.78 is 4.90. The van der Waals surface area contributed by atoms with Gasteiger partial charge in [-0.3, -0.25) is 9.59 Å². The molecule has 0 amide bonds. The minimum absolute atomic E-state index is 0.341. The van der Waals surface area contributed by atoms with Gasteiger partial charge < -0.3 is 4.74 Å². The van der Waals surface area contributed by atoms with Crippen molar-refractivity contribution in [1.82, 2.24) is 0 Å². The Hall–Kier alpha value is -1.12. The number of rotatable bonds is 2. The molecule has 0 saturated heterocycles. The van der Waals surface area contributed by atoms with Gasteiger partial charge in [0.25, 0.3) is 0 Å². The number of carbonyl (C=O) groups excluding carboxylic acids is 2. The lowest BCUT2D eigenvalue weighted by molar-refractivity contribution is -0.137. The van der Waals surface area contributed by atoms with E-state index >= 15 is 0 Å². The van der Waals surface area contributed by atoms with Crippen molar-refractivity contribution in [3.63, 3.8) is 0 Å². The van der Waals surface area contributed by atoms with Gasteiger partial charge in [0.1, 0.15) is 12.0 Å². The summed E-state index contributed by atoms with van der Waals surface area (Å²) in [5.74, 6) is 0.231. The Morgan fingerprint density at radius 3 is 2.67 bits per heavy atom. The Labute approximate surface area is 71.4 Å². The molecule has 0 N–H and O–H groups in total. The highest BCUT2D eigenvalue weighted by molar-refractivity contribution is 5.76. The highest BCUT2D eigenvalue weighted by atomic mass is 16.5. The van der Waals surface area contributed by atoms with Gasteiger partial charge in [-0.05, 0) is 19.3 Å². The van der Waals surface area contributed by atoms with Crippen LogP contribution in [0.3, 0.4) is 0 Å². The topological polar surface area (TPSA) is 43.4 Å². The Balaban J connectivity index is 2.72. The lowest BCUT2D eigenvalue weighted by atomic mass is 9.99. The molecule has 1 aliphatic carbocycles. The first-order valence-corrected chi connectivity index (χ1v) is 4.09. The SMILES string of the molecule is CC(=O)OC1=C(C=O)CCCC1. The maximum atomic E-state index is 10.6. The molecule has 0 saturated carbocycles. The molecule has 12 heavy (non-hydrogen) atoms. The van der Waals surface area contributed by atoms with E-state index in [1.54, 1.807) is 0 Å². The Morgan fingerprint density at radius 1 is 1.42 bits per heavy atom. The van der Waals surface area contributed by atoms with Crippen LogP contribution in [0.1, 0.15) is 32.6 Å². The van der Waals surface area contributed by atoms with Gasteiger partial charge in [-0.2, -0.15) is 0 Å². The van der Waals surface area contributed by atoms with E-state index in [0.717, 1.165) is 25.5 Å². The van der Waals surface area contributed by atoms with Gasteiger partial charge in [0.2, 0.25) is 0 Å². The summed E-state index contributed by atoms with van der Waals surface area (Å²) in [4.78, 5) is 21.1. The van der Waals surface area contributed by atoms with Crippen molar-refractivity contribution in [2.45, 2.75) is 32.6 Å². The van der Waals surface area contributed by atoms with Gasteiger partial charge in [-0.25, -0.2) is 0 Å². The van der Waals surface area contributed by atoms with Crippen molar-refractivity contribution in [3.8, 4) is 0 Å². The summed E-state index contributed by atoms with van der Waals surface area (Å²) in [7, 11) is 0. The van der Waals surface area contributed by atoms with Gasteiger partial charge >= 0.3 is 5.97 Å². The number of hydrogen-bond acceptors (Lipinski definition) is 3. The first kappa shape index (κ1) is 8.97. The first-order valence-electron chi connectivity index (χ1n) is 4.09.